The van der Waals surface area contributed by atoms with Crippen LogP contribution in [0.15, 0.2) is 18.3 Å². The molecule has 0 aliphatic carbocycles. The fourth-order valence-corrected chi connectivity index (χ4v) is 1.41. The van der Waals surface area contributed by atoms with Gasteiger partial charge in [0.1, 0.15) is 0 Å². The van der Waals surface area contributed by atoms with Crippen LogP contribution in [0.2, 0.25) is 0 Å². The first-order valence-electron chi connectivity index (χ1n) is 5.22. The monoisotopic (exact) mass is 204 g/mol. The number of aromatic nitrogens is 3. The van der Waals surface area contributed by atoms with Gasteiger partial charge in [0.05, 0.1) is 0 Å². The molecular formula is C11H16N4. The van der Waals surface area contributed by atoms with Crippen LogP contribution in [0.4, 0.5) is 5.95 Å². The van der Waals surface area contributed by atoms with Crippen molar-refractivity contribution in [3.05, 3.63) is 23.9 Å². The molecular weight excluding hydrogens is 188 g/mol. The van der Waals surface area contributed by atoms with E-state index in [1.54, 1.807) is 4.52 Å². The zero-order valence-corrected chi connectivity index (χ0v) is 9.36. The molecule has 0 radical (unpaired) electrons. The fourth-order valence-electron chi connectivity index (χ4n) is 1.41. The van der Waals surface area contributed by atoms with Gasteiger partial charge in [0.25, 0.3) is 0 Å². The highest BCUT2D eigenvalue weighted by atomic mass is 15.3. The molecule has 80 valence electrons. The normalized spacial score (nSPS) is 11.2. The van der Waals surface area contributed by atoms with Gasteiger partial charge in [-0.25, -0.2) is 4.52 Å². The van der Waals surface area contributed by atoms with Crippen molar-refractivity contribution in [3.63, 3.8) is 0 Å². The minimum atomic E-state index is 0.595. The number of hydrogen-bond donors (Lipinski definition) is 1. The highest BCUT2D eigenvalue weighted by Crippen LogP contribution is 2.09. The number of anilines is 1. The number of nitrogens with one attached hydrogen (secondary N) is 1. The summed E-state index contributed by atoms with van der Waals surface area (Å²) in [7, 11) is 0. The maximum absolute atomic E-state index is 4.42. The summed E-state index contributed by atoms with van der Waals surface area (Å²) in [6.45, 7) is 7.26. The standard InChI is InChI=1S/C11H16N4/c1-8(2)7-12-11-13-10-9(3)5-4-6-15(10)14-11/h4-6,8H,7H2,1-3H3,(H,12,14). The van der Waals surface area contributed by atoms with Crippen LogP contribution in [-0.2, 0) is 0 Å². The molecule has 2 heterocycles. The van der Waals surface area contributed by atoms with Crippen LogP contribution in [0.25, 0.3) is 5.65 Å². The van der Waals surface area contributed by atoms with Crippen LogP contribution >= 0.6 is 0 Å². The second-order valence-electron chi connectivity index (χ2n) is 4.17. The van der Waals surface area contributed by atoms with Gasteiger partial charge in [0, 0.05) is 12.7 Å². The van der Waals surface area contributed by atoms with Crippen molar-refractivity contribution in [2.45, 2.75) is 20.8 Å². The van der Waals surface area contributed by atoms with Crippen molar-refractivity contribution in [1.29, 1.82) is 0 Å². The summed E-state index contributed by atoms with van der Waals surface area (Å²) >= 11 is 0. The SMILES string of the molecule is Cc1cccn2nc(NCC(C)C)nc12. The molecule has 2 aromatic heterocycles. The van der Waals surface area contributed by atoms with E-state index >= 15 is 0 Å². The van der Waals surface area contributed by atoms with Gasteiger partial charge in [0.15, 0.2) is 5.65 Å². The first-order chi connectivity index (χ1) is 7.16. The predicted molar refractivity (Wildman–Crippen MR) is 61.1 cm³/mol. The van der Waals surface area contributed by atoms with Crippen LogP contribution in [0.5, 0.6) is 0 Å². The molecule has 0 aromatic carbocycles. The molecule has 0 atom stereocenters. The first-order valence-corrected chi connectivity index (χ1v) is 5.22. The van der Waals surface area contributed by atoms with Crippen molar-refractivity contribution < 1.29 is 0 Å². The lowest BCUT2D eigenvalue weighted by atomic mass is 10.2. The molecule has 15 heavy (non-hydrogen) atoms. The highest BCUT2D eigenvalue weighted by molar-refractivity contribution is 5.49. The Labute approximate surface area is 89.3 Å². The average molecular weight is 204 g/mol. The Kier molecular flexibility index (Phi) is 2.58. The topological polar surface area (TPSA) is 42.2 Å². The molecule has 0 aliphatic rings. The number of rotatable bonds is 3. The molecule has 0 saturated heterocycles. The van der Waals surface area contributed by atoms with Gasteiger partial charge in [-0.15, -0.1) is 5.10 Å². The van der Waals surface area contributed by atoms with Gasteiger partial charge in [-0.05, 0) is 24.5 Å². The van der Waals surface area contributed by atoms with E-state index in [1.807, 2.05) is 25.3 Å². The van der Waals surface area contributed by atoms with Crippen LogP contribution in [0, 0.1) is 12.8 Å². The summed E-state index contributed by atoms with van der Waals surface area (Å²) in [5.41, 5.74) is 2.06. The summed E-state index contributed by atoms with van der Waals surface area (Å²) in [5.74, 6) is 1.30. The lowest BCUT2D eigenvalue weighted by Crippen LogP contribution is -2.09. The minimum Gasteiger partial charge on any atom is -0.353 e. The number of pyridine rings is 1. The largest absolute Gasteiger partial charge is 0.353 e. The third-order valence-electron chi connectivity index (χ3n) is 2.23. The molecule has 4 nitrogen and oxygen atoms in total. The zero-order chi connectivity index (χ0) is 10.8. The lowest BCUT2D eigenvalue weighted by Gasteiger charge is -2.03. The zero-order valence-electron chi connectivity index (χ0n) is 9.36. The van der Waals surface area contributed by atoms with E-state index in [4.69, 9.17) is 0 Å². The number of hydrogen-bond acceptors (Lipinski definition) is 3. The summed E-state index contributed by atoms with van der Waals surface area (Å²) < 4.78 is 1.80. The summed E-state index contributed by atoms with van der Waals surface area (Å²) in [4.78, 5) is 4.42. The van der Waals surface area contributed by atoms with E-state index in [-0.39, 0.29) is 0 Å². The highest BCUT2D eigenvalue weighted by Gasteiger charge is 2.04. The van der Waals surface area contributed by atoms with E-state index in [0.717, 1.165) is 17.8 Å². The Bertz CT molecular complexity index is 459. The molecule has 2 aromatic rings. The number of fused-ring (bicyclic) bond motifs is 1. The van der Waals surface area contributed by atoms with Crippen molar-refractivity contribution in [3.8, 4) is 0 Å². The van der Waals surface area contributed by atoms with Gasteiger partial charge in [-0.1, -0.05) is 19.9 Å². The lowest BCUT2D eigenvalue weighted by molar-refractivity contribution is 0.684. The van der Waals surface area contributed by atoms with Crippen molar-refractivity contribution in [2.75, 3.05) is 11.9 Å². The van der Waals surface area contributed by atoms with Crippen molar-refractivity contribution in [2.24, 2.45) is 5.92 Å². The van der Waals surface area contributed by atoms with Gasteiger partial charge < -0.3 is 5.32 Å². The van der Waals surface area contributed by atoms with Crippen LogP contribution in [-0.4, -0.2) is 21.1 Å². The van der Waals surface area contributed by atoms with Crippen molar-refractivity contribution in [1.82, 2.24) is 14.6 Å². The van der Waals surface area contributed by atoms with Gasteiger partial charge in [-0.2, -0.15) is 4.98 Å². The Morgan fingerprint density at radius 1 is 1.47 bits per heavy atom. The molecule has 0 spiro atoms. The van der Waals surface area contributed by atoms with Crippen molar-refractivity contribution >= 4 is 11.6 Å². The maximum Gasteiger partial charge on any atom is 0.243 e. The Balaban J connectivity index is 2.27. The Morgan fingerprint density at radius 3 is 2.93 bits per heavy atom. The fraction of sp³-hybridized carbons (Fsp3) is 0.455. The summed E-state index contributed by atoms with van der Waals surface area (Å²) in [5, 5.41) is 7.56. The van der Waals surface area contributed by atoms with E-state index < -0.39 is 0 Å². The summed E-state index contributed by atoms with van der Waals surface area (Å²) in [6, 6.07) is 4.01. The van der Waals surface area contributed by atoms with E-state index in [9.17, 15) is 0 Å². The Hall–Kier alpha value is -1.58. The molecule has 0 fully saturated rings. The molecule has 1 N–H and O–H groups in total. The average Bonchev–Trinajstić information content (AvgIpc) is 2.59. The van der Waals surface area contributed by atoms with Crippen LogP contribution in [0.1, 0.15) is 19.4 Å². The van der Waals surface area contributed by atoms with E-state index in [2.05, 4.69) is 29.2 Å². The molecule has 0 amide bonds. The van der Waals surface area contributed by atoms with Crippen LogP contribution in [0.3, 0.4) is 0 Å². The number of aryl methyl sites for hydroxylation is 1. The molecule has 2 rings (SSSR count). The van der Waals surface area contributed by atoms with E-state index in [1.165, 1.54) is 0 Å². The van der Waals surface area contributed by atoms with Gasteiger partial charge >= 0.3 is 0 Å². The molecule has 0 unspecified atom stereocenters. The molecule has 0 saturated carbocycles. The Morgan fingerprint density at radius 2 is 2.27 bits per heavy atom. The molecule has 0 aliphatic heterocycles. The third-order valence-corrected chi connectivity index (χ3v) is 2.23. The molecule has 0 bridgehead atoms. The van der Waals surface area contributed by atoms with Gasteiger partial charge in [0.2, 0.25) is 5.95 Å². The number of nitrogens with zero attached hydrogens (tertiary/aromatic N) is 3. The first kappa shape index (κ1) is 9.96. The third kappa shape index (κ3) is 2.09. The second-order valence-corrected chi connectivity index (χ2v) is 4.17. The minimum absolute atomic E-state index is 0.595. The van der Waals surface area contributed by atoms with Crippen LogP contribution < -0.4 is 5.32 Å². The van der Waals surface area contributed by atoms with Gasteiger partial charge in [-0.3, -0.25) is 0 Å². The second kappa shape index (κ2) is 3.88. The quantitative estimate of drug-likeness (QED) is 0.832. The smallest absolute Gasteiger partial charge is 0.243 e. The maximum atomic E-state index is 4.42. The summed E-state index contributed by atoms with van der Waals surface area (Å²) in [6.07, 6.45) is 1.91. The predicted octanol–water partition coefficient (Wildman–Crippen LogP) is 2.11. The van der Waals surface area contributed by atoms with E-state index in [0.29, 0.717) is 11.9 Å². The molecule has 4 heteroatoms.